The van der Waals surface area contributed by atoms with E-state index in [9.17, 15) is 0 Å². The van der Waals surface area contributed by atoms with Gasteiger partial charge in [0, 0.05) is 57.2 Å². The van der Waals surface area contributed by atoms with Crippen LogP contribution in [0.5, 0.6) is 11.6 Å². The molecule has 3 aromatic heterocycles. The summed E-state index contributed by atoms with van der Waals surface area (Å²) in [5, 5.41) is 20.0. The zero-order chi connectivity index (χ0) is 40.2. The van der Waals surface area contributed by atoms with Crippen LogP contribution in [0.4, 0.5) is 11.6 Å². The lowest BCUT2D eigenvalue weighted by Crippen LogP contribution is -2.45. The highest BCUT2D eigenvalue weighted by atomic mass is 35.5. The number of halogens is 1. The summed E-state index contributed by atoms with van der Waals surface area (Å²) in [5.74, 6) is 1.48. The maximum absolute atomic E-state index is 6.49. The molecule has 1 N–H and O–H groups in total. The molecular formula is C39H57ClN10O8. The van der Waals surface area contributed by atoms with Crippen LogP contribution in [0.15, 0.2) is 43.1 Å². The van der Waals surface area contributed by atoms with Crippen LogP contribution in [0.1, 0.15) is 45.1 Å². The molecule has 2 aliphatic rings. The molecule has 1 aliphatic heterocycles. The first kappa shape index (κ1) is 43.6. The molecular weight excluding hydrogens is 772 g/mol. The molecule has 1 atom stereocenters. The summed E-state index contributed by atoms with van der Waals surface area (Å²) in [6, 6.07) is 6.46. The molecule has 0 radical (unpaired) electrons. The van der Waals surface area contributed by atoms with Gasteiger partial charge in [0.05, 0.1) is 96.5 Å². The zero-order valence-electron chi connectivity index (χ0n) is 33.6. The van der Waals surface area contributed by atoms with E-state index < -0.39 is 0 Å². The number of morpholine rings is 1. The number of hydrogen-bond acceptors (Lipinski definition) is 16. The number of tetrazole rings is 1. The molecule has 4 aromatic rings. The van der Waals surface area contributed by atoms with Crippen molar-refractivity contribution in [2.75, 3.05) is 105 Å². The highest BCUT2D eigenvalue weighted by molar-refractivity contribution is 6.32. The van der Waals surface area contributed by atoms with Crippen molar-refractivity contribution >= 4 is 23.2 Å². The van der Waals surface area contributed by atoms with Crippen LogP contribution in [-0.2, 0) is 35.0 Å². The van der Waals surface area contributed by atoms with Crippen molar-refractivity contribution in [3.05, 3.63) is 48.1 Å². The van der Waals surface area contributed by atoms with Crippen molar-refractivity contribution in [2.45, 2.75) is 63.8 Å². The largest absolute Gasteiger partial charge is 0.487 e. The maximum Gasteiger partial charge on any atom is 0.256 e. The van der Waals surface area contributed by atoms with Gasteiger partial charge in [0.15, 0.2) is 0 Å². The Morgan fingerprint density at radius 3 is 2.19 bits per heavy atom. The molecule has 0 amide bonds. The van der Waals surface area contributed by atoms with Gasteiger partial charge in [-0.2, -0.15) is 0 Å². The van der Waals surface area contributed by atoms with Gasteiger partial charge in [0.1, 0.15) is 23.9 Å². The van der Waals surface area contributed by atoms with Crippen molar-refractivity contribution in [1.82, 2.24) is 44.9 Å². The summed E-state index contributed by atoms with van der Waals surface area (Å²) in [7, 11) is 1.65. The Balaban J connectivity index is 0.992. The van der Waals surface area contributed by atoms with Crippen LogP contribution >= 0.6 is 11.6 Å². The molecule has 1 saturated carbocycles. The summed E-state index contributed by atoms with van der Waals surface area (Å²) in [6.07, 6.45) is 11.9. The second-order valence-electron chi connectivity index (χ2n) is 14.1. The Morgan fingerprint density at radius 1 is 0.845 bits per heavy atom. The van der Waals surface area contributed by atoms with E-state index in [0.29, 0.717) is 113 Å². The minimum Gasteiger partial charge on any atom is -0.487 e. The van der Waals surface area contributed by atoms with E-state index in [1.54, 1.807) is 36.6 Å². The predicted molar refractivity (Wildman–Crippen MR) is 215 cm³/mol. The standard InChI is InChI=1S/C39H57ClN10O8/c1-30(27-49-29-43-46-47-49)58-37-24-31(4-9-35(37)40)32-25-41-39(42-26-32)44-36-28-50(34-7-5-33(6-8-34)48-10-14-53-15-11-48)45-38(36)57-13-3-12-52-18-19-55-22-23-56-21-20-54-17-16-51-2/h4,9,24-26,28-30,33-34H,3,5-8,10-23,27H2,1-2H3,(H,41,42,44)/t30-,33?,34?/m0/s1. The van der Waals surface area contributed by atoms with E-state index in [2.05, 4.69) is 35.7 Å². The van der Waals surface area contributed by atoms with Gasteiger partial charge in [-0.3, -0.25) is 9.58 Å². The van der Waals surface area contributed by atoms with Gasteiger partial charge in [0.25, 0.3) is 5.88 Å². The summed E-state index contributed by atoms with van der Waals surface area (Å²) in [5.41, 5.74) is 2.38. The lowest BCUT2D eigenvalue weighted by molar-refractivity contribution is -0.00844. The first-order valence-corrected chi connectivity index (χ1v) is 20.5. The van der Waals surface area contributed by atoms with Gasteiger partial charge < -0.3 is 43.2 Å². The molecule has 2 fully saturated rings. The monoisotopic (exact) mass is 828 g/mol. The molecule has 6 rings (SSSR count). The fourth-order valence-corrected chi connectivity index (χ4v) is 7.00. The van der Waals surface area contributed by atoms with Gasteiger partial charge in [-0.1, -0.05) is 17.7 Å². The number of ether oxygens (including phenoxy) is 8. The Hall–Kier alpha value is -4.01. The van der Waals surface area contributed by atoms with Crippen molar-refractivity contribution in [2.24, 2.45) is 0 Å². The highest BCUT2D eigenvalue weighted by Gasteiger charge is 2.29. The molecule has 0 unspecified atom stereocenters. The molecule has 58 heavy (non-hydrogen) atoms. The molecule has 0 bridgehead atoms. The summed E-state index contributed by atoms with van der Waals surface area (Å²) >= 11 is 6.49. The number of nitrogens with zero attached hydrogens (tertiary/aromatic N) is 9. The van der Waals surface area contributed by atoms with Crippen LogP contribution in [0.25, 0.3) is 11.1 Å². The first-order chi connectivity index (χ1) is 28.6. The topological polar surface area (TPSA) is 176 Å². The van der Waals surface area contributed by atoms with E-state index in [-0.39, 0.29) is 12.1 Å². The lowest BCUT2D eigenvalue weighted by Gasteiger charge is -2.38. The quantitative estimate of drug-likeness (QED) is 0.0876. The molecule has 18 nitrogen and oxygen atoms in total. The molecule has 0 spiro atoms. The van der Waals surface area contributed by atoms with E-state index in [4.69, 9.17) is 54.6 Å². The fourth-order valence-electron chi connectivity index (χ4n) is 6.84. The molecule has 318 valence electrons. The number of anilines is 2. The van der Waals surface area contributed by atoms with Crippen LogP contribution in [0.2, 0.25) is 5.02 Å². The van der Waals surface area contributed by atoms with Gasteiger partial charge in [-0.25, -0.2) is 14.6 Å². The Bertz CT molecular complexity index is 1720. The first-order valence-electron chi connectivity index (χ1n) is 20.2. The molecule has 1 aromatic carbocycles. The Morgan fingerprint density at radius 2 is 1.52 bits per heavy atom. The number of methoxy groups -OCH3 is 1. The highest BCUT2D eigenvalue weighted by Crippen LogP contribution is 2.35. The fraction of sp³-hybridized carbons (Fsp3) is 0.641. The Labute approximate surface area is 344 Å². The number of benzene rings is 1. The minimum absolute atomic E-state index is 0.220. The third-order valence-corrected chi connectivity index (χ3v) is 10.2. The second-order valence-corrected chi connectivity index (χ2v) is 14.5. The van der Waals surface area contributed by atoms with Crippen LogP contribution in [-0.4, -0.2) is 156 Å². The molecule has 1 aliphatic carbocycles. The second kappa shape index (κ2) is 24.2. The summed E-state index contributed by atoms with van der Waals surface area (Å²) in [6.45, 7) is 11.3. The number of nitrogens with one attached hydrogen (secondary N) is 1. The lowest BCUT2D eigenvalue weighted by atomic mass is 9.90. The van der Waals surface area contributed by atoms with E-state index >= 15 is 0 Å². The van der Waals surface area contributed by atoms with Crippen LogP contribution in [0.3, 0.4) is 0 Å². The van der Waals surface area contributed by atoms with Crippen LogP contribution in [0, 0.1) is 0 Å². The van der Waals surface area contributed by atoms with E-state index in [1.807, 2.05) is 29.9 Å². The maximum atomic E-state index is 6.49. The van der Waals surface area contributed by atoms with Crippen LogP contribution < -0.4 is 14.8 Å². The van der Waals surface area contributed by atoms with E-state index in [0.717, 1.165) is 63.1 Å². The zero-order valence-corrected chi connectivity index (χ0v) is 34.3. The third kappa shape index (κ3) is 14.1. The summed E-state index contributed by atoms with van der Waals surface area (Å²) in [4.78, 5) is 11.9. The molecule has 4 heterocycles. The third-order valence-electron chi connectivity index (χ3n) is 9.85. The normalized spacial score (nSPS) is 18.0. The van der Waals surface area contributed by atoms with Crippen molar-refractivity contribution in [1.29, 1.82) is 0 Å². The molecule has 19 heteroatoms. The summed E-state index contributed by atoms with van der Waals surface area (Å²) < 4.78 is 48.8. The van der Waals surface area contributed by atoms with Gasteiger partial charge >= 0.3 is 0 Å². The van der Waals surface area contributed by atoms with Crippen molar-refractivity contribution in [3.8, 4) is 22.8 Å². The van der Waals surface area contributed by atoms with Crippen molar-refractivity contribution < 1.29 is 37.9 Å². The minimum atomic E-state index is -0.220. The van der Waals surface area contributed by atoms with E-state index in [1.165, 1.54) is 0 Å². The van der Waals surface area contributed by atoms with Gasteiger partial charge in [-0.15, -0.1) is 10.2 Å². The molecule has 1 saturated heterocycles. The number of rotatable bonds is 26. The number of hydrogen-bond donors (Lipinski definition) is 1. The SMILES string of the molecule is COCCOCCOCCOCCOCCCOc1nn(C2CCC(N3CCOCC3)CC2)cc1Nc1ncc(-c2ccc(Cl)c(O[C@@H](C)Cn3cnnn3)c2)cn1. The average molecular weight is 829 g/mol. The Kier molecular flexibility index (Phi) is 18.2. The number of aromatic nitrogens is 8. The van der Waals surface area contributed by atoms with Gasteiger partial charge in [0.2, 0.25) is 5.95 Å². The average Bonchev–Trinajstić information content (AvgIpc) is 3.92. The van der Waals surface area contributed by atoms with Gasteiger partial charge in [-0.05, 0) is 60.7 Å². The van der Waals surface area contributed by atoms with Crippen molar-refractivity contribution in [3.63, 3.8) is 0 Å². The smallest absolute Gasteiger partial charge is 0.256 e. The predicted octanol–water partition coefficient (Wildman–Crippen LogP) is 4.49.